The lowest BCUT2D eigenvalue weighted by molar-refractivity contribution is -0.132. The van der Waals surface area contributed by atoms with Gasteiger partial charge in [-0.3, -0.25) is 4.79 Å². The minimum atomic E-state index is -0.393. The summed E-state index contributed by atoms with van der Waals surface area (Å²) in [4.78, 5) is 13.4. The van der Waals surface area contributed by atoms with E-state index in [4.69, 9.17) is 4.74 Å². The lowest BCUT2D eigenvalue weighted by Crippen LogP contribution is -2.33. The zero-order chi connectivity index (χ0) is 14.4. The number of nitrogens with zero attached hydrogens (tertiary/aromatic N) is 1. The van der Waals surface area contributed by atoms with E-state index in [0.717, 1.165) is 16.9 Å². The van der Waals surface area contributed by atoms with Gasteiger partial charge in [-0.1, -0.05) is 12.1 Å². The summed E-state index contributed by atoms with van der Waals surface area (Å²) in [5.74, 6) is 0.666. The van der Waals surface area contributed by atoms with Gasteiger partial charge >= 0.3 is 0 Å². The van der Waals surface area contributed by atoms with Crippen molar-refractivity contribution < 1.29 is 14.6 Å². The van der Waals surface area contributed by atoms with Gasteiger partial charge in [0.1, 0.15) is 5.75 Å². The molecule has 0 aromatic heterocycles. The van der Waals surface area contributed by atoms with Crippen LogP contribution in [0.3, 0.4) is 0 Å². The maximum absolute atomic E-state index is 11.8. The summed E-state index contributed by atoms with van der Waals surface area (Å²) in [6.07, 6.45) is 0.182. The van der Waals surface area contributed by atoms with Crippen molar-refractivity contribution in [1.29, 1.82) is 0 Å². The van der Waals surface area contributed by atoms with Gasteiger partial charge in [0.15, 0.2) is 6.61 Å². The third-order valence-corrected chi connectivity index (χ3v) is 3.21. The van der Waals surface area contributed by atoms with Gasteiger partial charge in [-0.2, -0.15) is 0 Å². The molecule has 1 amide bonds. The van der Waals surface area contributed by atoms with E-state index in [1.165, 1.54) is 0 Å². The summed E-state index contributed by atoms with van der Waals surface area (Å²) in [6.45, 7) is 6.27. The van der Waals surface area contributed by atoms with Gasteiger partial charge in [0.05, 0.1) is 6.10 Å². The smallest absolute Gasteiger partial charge is 0.260 e. The number of aliphatic hydroxyl groups excluding tert-OH is 1. The first-order chi connectivity index (χ1) is 8.91. The van der Waals surface area contributed by atoms with Crippen LogP contribution in [0, 0.1) is 13.8 Å². The summed E-state index contributed by atoms with van der Waals surface area (Å²) in [6, 6.07) is 5.80. The Labute approximate surface area is 115 Å². The van der Waals surface area contributed by atoms with E-state index in [1.807, 2.05) is 32.0 Å². The minimum Gasteiger partial charge on any atom is -0.483 e. The second kappa shape index (κ2) is 7.14. The number of likely N-dealkylation sites (N-methyl/N-ethyl adjacent to an activating group) is 1. The summed E-state index contributed by atoms with van der Waals surface area (Å²) >= 11 is 0. The lowest BCUT2D eigenvalue weighted by atomic mass is 10.1. The Kier molecular flexibility index (Phi) is 5.83. The Morgan fingerprint density at radius 1 is 1.42 bits per heavy atom. The standard InChI is InChI=1S/C15H23NO3/c1-11-6-5-7-14(13(11)3)19-10-15(18)16(4)9-8-12(2)17/h5-7,12,17H,8-10H2,1-4H3. The summed E-state index contributed by atoms with van der Waals surface area (Å²) in [5.41, 5.74) is 2.20. The highest BCUT2D eigenvalue weighted by atomic mass is 16.5. The summed E-state index contributed by atoms with van der Waals surface area (Å²) < 4.78 is 5.55. The van der Waals surface area contributed by atoms with E-state index < -0.39 is 6.10 Å². The molecule has 1 rings (SSSR count). The fraction of sp³-hybridized carbons (Fsp3) is 0.533. The second-order valence-corrected chi connectivity index (χ2v) is 4.94. The zero-order valence-electron chi connectivity index (χ0n) is 12.1. The number of rotatable bonds is 6. The van der Waals surface area contributed by atoms with Crippen molar-refractivity contribution >= 4 is 5.91 Å². The third kappa shape index (κ3) is 4.91. The van der Waals surface area contributed by atoms with Crippen molar-refractivity contribution in [2.75, 3.05) is 20.2 Å². The number of carbonyl (C=O) groups excluding carboxylic acids is 1. The zero-order valence-corrected chi connectivity index (χ0v) is 12.1. The molecule has 1 aromatic rings. The van der Waals surface area contributed by atoms with Crippen LogP contribution >= 0.6 is 0 Å². The van der Waals surface area contributed by atoms with Crippen molar-refractivity contribution in [3.8, 4) is 5.75 Å². The van der Waals surface area contributed by atoms with Gasteiger partial charge in [-0.25, -0.2) is 0 Å². The van der Waals surface area contributed by atoms with E-state index in [-0.39, 0.29) is 12.5 Å². The molecule has 0 aliphatic heterocycles. The molecular weight excluding hydrogens is 242 g/mol. The fourth-order valence-electron chi connectivity index (χ4n) is 1.64. The van der Waals surface area contributed by atoms with Crippen molar-refractivity contribution in [3.05, 3.63) is 29.3 Å². The normalized spacial score (nSPS) is 12.1. The molecule has 4 nitrogen and oxygen atoms in total. The number of benzene rings is 1. The lowest BCUT2D eigenvalue weighted by Gasteiger charge is -2.18. The van der Waals surface area contributed by atoms with Crippen LogP contribution in [-0.2, 0) is 4.79 Å². The molecule has 0 heterocycles. The van der Waals surface area contributed by atoms with Gasteiger partial charge in [-0.15, -0.1) is 0 Å². The summed E-state index contributed by atoms with van der Waals surface area (Å²) in [7, 11) is 1.72. The Bertz CT molecular complexity index is 429. The van der Waals surface area contributed by atoms with Crippen LogP contribution in [0.2, 0.25) is 0 Å². The fourth-order valence-corrected chi connectivity index (χ4v) is 1.64. The van der Waals surface area contributed by atoms with Crippen molar-refractivity contribution in [2.45, 2.75) is 33.3 Å². The predicted octanol–water partition coefficient (Wildman–Crippen LogP) is 1.91. The van der Waals surface area contributed by atoms with E-state index in [1.54, 1.807) is 18.9 Å². The molecular formula is C15H23NO3. The van der Waals surface area contributed by atoms with Gasteiger partial charge in [-0.05, 0) is 44.4 Å². The Morgan fingerprint density at radius 3 is 2.74 bits per heavy atom. The highest BCUT2D eigenvalue weighted by molar-refractivity contribution is 5.77. The van der Waals surface area contributed by atoms with E-state index in [0.29, 0.717) is 13.0 Å². The third-order valence-electron chi connectivity index (χ3n) is 3.21. The van der Waals surface area contributed by atoms with Crippen molar-refractivity contribution in [2.24, 2.45) is 0 Å². The quantitative estimate of drug-likeness (QED) is 0.855. The maximum atomic E-state index is 11.8. The number of hydrogen-bond acceptors (Lipinski definition) is 3. The highest BCUT2D eigenvalue weighted by Gasteiger charge is 2.11. The van der Waals surface area contributed by atoms with Gasteiger partial charge in [0.2, 0.25) is 0 Å². The van der Waals surface area contributed by atoms with Crippen LogP contribution in [0.15, 0.2) is 18.2 Å². The predicted molar refractivity (Wildman–Crippen MR) is 75.3 cm³/mol. The van der Waals surface area contributed by atoms with Crippen LogP contribution < -0.4 is 4.74 Å². The van der Waals surface area contributed by atoms with Crippen molar-refractivity contribution in [3.63, 3.8) is 0 Å². The second-order valence-electron chi connectivity index (χ2n) is 4.94. The highest BCUT2D eigenvalue weighted by Crippen LogP contribution is 2.20. The molecule has 4 heteroatoms. The van der Waals surface area contributed by atoms with Gasteiger partial charge in [0, 0.05) is 13.6 Å². The van der Waals surface area contributed by atoms with E-state index in [2.05, 4.69) is 0 Å². The molecule has 1 N–H and O–H groups in total. The molecule has 0 bridgehead atoms. The van der Waals surface area contributed by atoms with Gasteiger partial charge < -0.3 is 14.7 Å². The molecule has 106 valence electrons. The maximum Gasteiger partial charge on any atom is 0.260 e. The number of hydrogen-bond donors (Lipinski definition) is 1. The molecule has 1 atom stereocenters. The molecule has 0 saturated carbocycles. The van der Waals surface area contributed by atoms with Crippen molar-refractivity contribution in [1.82, 2.24) is 4.90 Å². The first kappa shape index (κ1) is 15.5. The number of aliphatic hydroxyl groups is 1. The van der Waals surface area contributed by atoms with Crippen LogP contribution in [0.5, 0.6) is 5.75 Å². The number of carbonyl (C=O) groups is 1. The average Bonchev–Trinajstić information content (AvgIpc) is 2.37. The molecule has 1 aromatic carbocycles. The Morgan fingerprint density at radius 2 is 2.11 bits per heavy atom. The summed E-state index contributed by atoms with van der Waals surface area (Å²) in [5, 5.41) is 9.19. The molecule has 0 aliphatic rings. The largest absolute Gasteiger partial charge is 0.483 e. The van der Waals surface area contributed by atoms with Crippen LogP contribution in [0.4, 0.5) is 0 Å². The van der Waals surface area contributed by atoms with Crippen LogP contribution in [-0.4, -0.2) is 42.2 Å². The number of aryl methyl sites for hydroxylation is 1. The SMILES string of the molecule is Cc1cccc(OCC(=O)N(C)CCC(C)O)c1C. The average molecular weight is 265 g/mol. The van der Waals surface area contributed by atoms with Crippen LogP contribution in [0.25, 0.3) is 0 Å². The monoisotopic (exact) mass is 265 g/mol. The molecule has 0 fully saturated rings. The Balaban J connectivity index is 2.47. The van der Waals surface area contributed by atoms with Gasteiger partial charge in [0.25, 0.3) is 5.91 Å². The number of ether oxygens (including phenoxy) is 1. The molecule has 0 saturated heterocycles. The number of amides is 1. The minimum absolute atomic E-state index is 0.0284. The van der Waals surface area contributed by atoms with E-state index in [9.17, 15) is 9.90 Å². The Hall–Kier alpha value is -1.55. The molecule has 19 heavy (non-hydrogen) atoms. The molecule has 0 aliphatic carbocycles. The topological polar surface area (TPSA) is 49.8 Å². The van der Waals surface area contributed by atoms with E-state index >= 15 is 0 Å². The van der Waals surface area contributed by atoms with Crippen LogP contribution in [0.1, 0.15) is 24.5 Å². The first-order valence-corrected chi connectivity index (χ1v) is 6.53. The molecule has 0 spiro atoms. The molecule has 1 unspecified atom stereocenters. The first-order valence-electron chi connectivity index (χ1n) is 6.53. The molecule has 0 radical (unpaired) electrons.